The number of nitrogens with one attached hydrogen (secondary N) is 3. The van der Waals surface area contributed by atoms with Gasteiger partial charge in [-0.15, -0.1) is 0 Å². The Kier molecular flexibility index (Phi) is 9.78. The first-order valence-electron chi connectivity index (χ1n) is 8.51. The summed E-state index contributed by atoms with van der Waals surface area (Å²) in [7, 11) is 1.55. The topological polar surface area (TPSA) is 106 Å². The number of carbonyl (C=O) groups is 3. The molecule has 1 atom stereocenters. The molecule has 0 saturated heterocycles. The summed E-state index contributed by atoms with van der Waals surface area (Å²) in [6.07, 6.45) is 0.675. The maximum atomic E-state index is 12.5. The van der Waals surface area contributed by atoms with Crippen LogP contribution in [-0.4, -0.2) is 51.1 Å². The summed E-state index contributed by atoms with van der Waals surface area (Å²) in [4.78, 5) is 35.5. The third kappa shape index (κ3) is 7.98. The lowest BCUT2D eigenvalue weighted by Gasteiger charge is -2.19. The molecule has 0 bridgehead atoms. The highest BCUT2D eigenvalue weighted by molar-refractivity contribution is 5.90. The van der Waals surface area contributed by atoms with Crippen molar-refractivity contribution in [1.29, 1.82) is 0 Å². The van der Waals surface area contributed by atoms with Gasteiger partial charge in [0, 0.05) is 26.7 Å². The minimum atomic E-state index is -0.866. The maximum absolute atomic E-state index is 12.5. The van der Waals surface area contributed by atoms with Crippen LogP contribution in [0.2, 0.25) is 0 Å². The van der Waals surface area contributed by atoms with E-state index in [1.807, 2.05) is 6.92 Å². The second-order valence-electron chi connectivity index (χ2n) is 5.52. The van der Waals surface area contributed by atoms with Gasteiger partial charge in [0.2, 0.25) is 17.7 Å². The van der Waals surface area contributed by atoms with E-state index in [2.05, 4.69) is 16.0 Å². The molecule has 144 valence electrons. The number of carbonyl (C=O) groups excluding carboxylic acids is 3. The lowest BCUT2D eigenvalue weighted by molar-refractivity contribution is -0.129. The van der Waals surface area contributed by atoms with Gasteiger partial charge in [0.05, 0.1) is 13.7 Å². The predicted octanol–water partition coefficient (Wildman–Crippen LogP) is 0.531. The largest absolute Gasteiger partial charge is 0.497 e. The second kappa shape index (κ2) is 11.9. The molecule has 1 aromatic carbocycles. The van der Waals surface area contributed by atoms with Gasteiger partial charge < -0.3 is 25.4 Å². The number of methoxy groups -OCH3 is 1. The van der Waals surface area contributed by atoms with Crippen LogP contribution in [0.25, 0.3) is 0 Å². The van der Waals surface area contributed by atoms with Gasteiger partial charge in [-0.3, -0.25) is 14.4 Å². The summed E-state index contributed by atoms with van der Waals surface area (Å²) in [6, 6.07) is 5.98. The van der Waals surface area contributed by atoms with Crippen LogP contribution < -0.4 is 20.7 Å². The SMILES string of the molecule is CCOCCCNC(=O)[C@@H](NC(=O)CNC(C)=O)c1ccc(OC)cc1. The lowest BCUT2D eigenvalue weighted by Crippen LogP contribution is -2.44. The molecule has 0 fully saturated rings. The molecule has 1 aromatic rings. The molecule has 0 saturated carbocycles. The average molecular weight is 365 g/mol. The summed E-state index contributed by atoms with van der Waals surface area (Å²) in [5.74, 6) is -0.455. The standard InChI is InChI=1S/C18H27N3O5/c1-4-26-11-5-10-19-18(24)17(21-16(23)12-20-13(2)22)14-6-8-15(25-3)9-7-14/h6-9,17H,4-5,10-12H2,1-3H3,(H,19,24)(H,20,22)(H,21,23)/t17-/m0/s1. The average Bonchev–Trinajstić information content (AvgIpc) is 2.64. The van der Waals surface area contributed by atoms with Gasteiger partial charge in [0.25, 0.3) is 0 Å². The molecule has 1 rings (SSSR count). The second-order valence-corrected chi connectivity index (χ2v) is 5.52. The van der Waals surface area contributed by atoms with Crippen molar-refractivity contribution < 1.29 is 23.9 Å². The van der Waals surface area contributed by atoms with E-state index in [-0.39, 0.29) is 18.4 Å². The van der Waals surface area contributed by atoms with Crippen molar-refractivity contribution in [2.75, 3.05) is 33.4 Å². The Morgan fingerprint density at radius 3 is 2.38 bits per heavy atom. The third-order valence-corrected chi connectivity index (χ3v) is 3.48. The van der Waals surface area contributed by atoms with E-state index < -0.39 is 11.9 Å². The molecule has 0 aliphatic heterocycles. The van der Waals surface area contributed by atoms with Crippen LogP contribution in [0, 0.1) is 0 Å². The van der Waals surface area contributed by atoms with Crippen molar-refractivity contribution in [3.05, 3.63) is 29.8 Å². The van der Waals surface area contributed by atoms with E-state index in [4.69, 9.17) is 9.47 Å². The fourth-order valence-corrected chi connectivity index (χ4v) is 2.15. The number of amides is 3. The molecule has 8 heteroatoms. The third-order valence-electron chi connectivity index (χ3n) is 3.48. The molecule has 0 aromatic heterocycles. The van der Waals surface area contributed by atoms with Crippen LogP contribution in [-0.2, 0) is 19.1 Å². The number of benzene rings is 1. The van der Waals surface area contributed by atoms with Gasteiger partial charge >= 0.3 is 0 Å². The van der Waals surface area contributed by atoms with Crippen molar-refractivity contribution in [3.8, 4) is 5.75 Å². The molecule has 8 nitrogen and oxygen atoms in total. The molecule has 0 aliphatic rings. The molecule has 0 spiro atoms. The Bertz CT molecular complexity index is 589. The van der Waals surface area contributed by atoms with Gasteiger partial charge in [-0.2, -0.15) is 0 Å². The first-order valence-corrected chi connectivity index (χ1v) is 8.51. The molecule has 0 heterocycles. The minimum absolute atomic E-state index is 0.195. The van der Waals surface area contributed by atoms with Crippen molar-refractivity contribution in [2.45, 2.75) is 26.3 Å². The minimum Gasteiger partial charge on any atom is -0.497 e. The highest BCUT2D eigenvalue weighted by atomic mass is 16.5. The van der Waals surface area contributed by atoms with Crippen molar-refractivity contribution in [1.82, 2.24) is 16.0 Å². The van der Waals surface area contributed by atoms with E-state index in [9.17, 15) is 14.4 Å². The summed E-state index contributed by atoms with van der Waals surface area (Å²) in [5.41, 5.74) is 0.615. The molecular weight excluding hydrogens is 338 g/mol. The zero-order valence-corrected chi connectivity index (χ0v) is 15.5. The summed E-state index contributed by atoms with van der Waals surface area (Å²) in [6.45, 7) is 4.65. The van der Waals surface area contributed by atoms with Gasteiger partial charge in [-0.05, 0) is 31.0 Å². The Hall–Kier alpha value is -2.61. The van der Waals surface area contributed by atoms with E-state index >= 15 is 0 Å². The van der Waals surface area contributed by atoms with Gasteiger partial charge in [-0.25, -0.2) is 0 Å². The smallest absolute Gasteiger partial charge is 0.247 e. The van der Waals surface area contributed by atoms with E-state index in [0.717, 1.165) is 0 Å². The summed E-state index contributed by atoms with van der Waals surface area (Å²) in [5, 5.41) is 7.83. The lowest BCUT2D eigenvalue weighted by atomic mass is 10.1. The highest BCUT2D eigenvalue weighted by Gasteiger charge is 2.22. The Balaban J connectivity index is 2.74. The molecular formula is C18H27N3O5. The summed E-state index contributed by atoms with van der Waals surface area (Å²) >= 11 is 0. The fourth-order valence-electron chi connectivity index (χ4n) is 2.15. The molecule has 0 unspecified atom stereocenters. The maximum Gasteiger partial charge on any atom is 0.247 e. The molecule has 3 amide bonds. The molecule has 26 heavy (non-hydrogen) atoms. The highest BCUT2D eigenvalue weighted by Crippen LogP contribution is 2.18. The Labute approximate surface area is 153 Å². The van der Waals surface area contributed by atoms with E-state index in [1.165, 1.54) is 6.92 Å². The zero-order chi connectivity index (χ0) is 19.4. The Morgan fingerprint density at radius 2 is 1.81 bits per heavy atom. The van der Waals surface area contributed by atoms with E-state index in [0.29, 0.717) is 37.5 Å². The number of rotatable bonds is 11. The van der Waals surface area contributed by atoms with Gasteiger partial charge in [-0.1, -0.05) is 12.1 Å². The molecule has 0 radical (unpaired) electrons. The van der Waals surface area contributed by atoms with Crippen LogP contribution in [0.3, 0.4) is 0 Å². The monoisotopic (exact) mass is 365 g/mol. The van der Waals surface area contributed by atoms with Crippen molar-refractivity contribution in [3.63, 3.8) is 0 Å². The van der Waals surface area contributed by atoms with Crippen LogP contribution in [0.4, 0.5) is 0 Å². The van der Waals surface area contributed by atoms with Crippen molar-refractivity contribution >= 4 is 17.7 Å². The quantitative estimate of drug-likeness (QED) is 0.496. The number of hydrogen-bond acceptors (Lipinski definition) is 5. The summed E-state index contributed by atoms with van der Waals surface area (Å²) < 4.78 is 10.3. The van der Waals surface area contributed by atoms with Crippen LogP contribution in [0.5, 0.6) is 5.75 Å². The number of hydrogen-bond donors (Lipinski definition) is 3. The fraction of sp³-hybridized carbons (Fsp3) is 0.500. The normalized spacial score (nSPS) is 11.3. The van der Waals surface area contributed by atoms with Crippen molar-refractivity contribution in [2.24, 2.45) is 0 Å². The number of ether oxygens (including phenoxy) is 2. The predicted molar refractivity (Wildman–Crippen MR) is 96.7 cm³/mol. The molecule has 0 aliphatic carbocycles. The van der Waals surface area contributed by atoms with Gasteiger partial charge in [0.1, 0.15) is 11.8 Å². The molecule has 3 N–H and O–H groups in total. The van der Waals surface area contributed by atoms with E-state index in [1.54, 1.807) is 31.4 Å². The van der Waals surface area contributed by atoms with Gasteiger partial charge in [0.15, 0.2) is 0 Å². The first-order chi connectivity index (χ1) is 12.5. The Morgan fingerprint density at radius 1 is 1.12 bits per heavy atom. The zero-order valence-electron chi connectivity index (χ0n) is 15.5. The first kappa shape index (κ1) is 21.4. The van der Waals surface area contributed by atoms with Crippen LogP contribution in [0.1, 0.15) is 31.9 Å². The van der Waals surface area contributed by atoms with Crippen LogP contribution >= 0.6 is 0 Å². The van der Waals surface area contributed by atoms with Crippen LogP contribution in [0.15, 0.2) is 24.3 Å².